The first-order valence-electron chi connectivity index (χ1n) is 9.33. The van der Waals surface area contributed by atoms with E-state index in [-0.39, 0.29) is 45.5 Å². The highest BCUT2D eigenvalue weighted by atomic mass is 35.5. The minimum atomic E-state index is -4.57. The van der Waals surface area contributed by atoms with Gasteiger partial charge in [0.2, 0.25) is 5.82 Å². The minimum Gasteiger partial charge on any atom is -0.489 e. The normalized spacial score (nSPS) is 13.0. The van der Waals surface area contributed by atoms with Crippen molar-refractivity contribution < 1.29 is 31.9 Å². The lowest BCUT2D eigenvalue weighted by atomic mass is 10.1. The molecular weight excluding hydrogens is 491 g/mol. The second-order valence-corrected chi connectivity index (χ2v) is 7.89. The molecule has 1 atom stereocenters. The van der Waals surface area contributed by atoms with Gasteiger partial charge in [-0.2, -0.15) is 18.2 Å². The van der Waals surface area contributed by atoms with Crippen LogP contribution in [0.2, 0.25) is 10.0 Å². The quantitative estimate of drug-likeness (QED) is 0.354. The van der Waals surface area contributed by atoms with E-state index in [0.29, 0.717) is 11.1 Å². The van der Waals surface area contributed by atoms with E-state index in [4.69, 9.17) is 32.5 Å². The molecule has 13 heteroatoms. The topological polar surface area (TPSA) is 85.7 Å². The first-order chi connectivity index (χ1) is 15.6. The van der Waals surface area contributed by atoms with Crippen LogP contribution in [0.3, 0.4) is 0 Å². The molecule has 0 amide bonds. The van der Waals surface area contributed by atoms with Crippen LogP contribution in [0.15, 0.2) is 35.1 Å². The molecule has 4 aromatic rings. The number of imidazole rings is 1. The highest BCUT2D eigenvalue weighted by molar-refractivity contribution is 6.33. The Morgan fingerprint density at radius 3 is 2.61 bits per heavy atom. The number of halogens is 6. The van der Waals surface area contributed by atoms with Crippen molar-refractivity contribution in [3.63, 3.8) is 0 Å². The number of benzene rings is 1. The lowest BCUT2D eigenvalue weighted by Gasteiger charge is -2.12. The summed E-state index contributed by atoms with van der Waals surface area (Å²) in [5.74, 6) is 0.351. The third-order valence-corrected chi connectivity index (χ3v) is 5.18. The molecule has 1 unspecified atom stereocenters. The first-order valence-corrected chi connectivity index (χ1v) is 10.1. The number of hydrogen-bond acceptors (Lipinski definition) is 6. The number of nitrogens with zero attached hydrogens (tertiary/aromatic N) is 4. The fourth-order valence-electron chi connectivity index (χ4n) is 2.99. The number of pyridine rings is 1. The Morgan fingerprint density at radius 2 is 1.91 bits per heavy atom. The third-order valence-electron chi connectivity index (χ3n) is 4.61. The predicted octanol–water partition coefficient (Wildman–Crippen LogP) is 5.39. The van der Waals surface area contributed by atoms with Gasteiger partial charge in [-0.3, -0.25) is 0 Å². The molecule has 174 valence electrons. The molecule has 0 aliphatic heterocycles. The number of rotatable bonds is 6. The van der Waals surface area contributed by atoms with Gasteiger partial charge in [0, 0.05) is 18.0 Å². The van der Waals surface area contributed by atoms with Gasteiger partial charge >= 0.3 is 6.18 Å². The Hall–Kier alpha value is -2.89. The largest absolute Gasteiger partial charge is 0.489 e. The van der Waals surface area contributed by atoms with Crippen molar-refractivity contribution in [2.75, 3.05) is 13.3 Å². The molecule has 0 aliphatic carbocycles. The number of ether oxygens (including phenoxy) is 1. The molecule has 7 nitrogen and oxygen atoms in total. The zero-order valence-corrected chi connectivity index (χ0v) is 18.2. The lowest BCUT2D eigenvalue weighted by molar-refractivity contribution is -0.137. The van der Waals surface area contributed by atoms with Crippen molar-refractivity contribution in [2.24, 2.45) is 0 Å². The number of aliphatic hydroxyl groups is 1. The van der Waals surface area contributed by atoms with Gasteiger partial charge in [-0.15, -0.1) is 0 Å². The minimum absolute atomic E-state index is 0.0414. The van der Waals surface area contributed by atoms with E-state index in [9.17, 15) is 22.7 Å². The maximum atomic E-state index is 13.0. The summed E-state index contributed by atoms with van der Waals surface area (Å²) < 4.78 is 63.2. The van der Waals surface area contributed by atoms with Crippen molar-refractivity contribution >= 4 is 28.8 Å². The molecule has 4 rings (SSSR count). The average Bonchev–Trinajstić information content (AvgIpc) is 3.40. The van der Waals surface area contributed by atoms with E-state index in [2.05, 4.69) is 15.1 Å². The fraction of sp³-hybridized carbons (Fsp3) is 0.250. The van der Waals surface area contributed by atoms with Gasteiger partial charge in [0.25, 0.3) is 5.89 Å². The number of aromatic nitrogens is 4. The van der Waals surface area contributed by atoms with E-state index in [1.54, 1.807) is 13.0 Å². The lowest BCUT2D eigenvalue weighted by Crippen LogP contribution is -2.19. The average molecular weight is 505 g/mol. The Balaban J connectivity index is 1.65. The van der Waals surface area contributed by atoms with Crippen molar-refractivity contribution in [3.05, 3.63) is 51.8 Å². The molecule has 0 saturated carbocycles. The van der Waals surface area contributed by atoms with Crippen LogP contribution in [0.1, 0.15) is 11.1 Å². The van der Waals surface area contributed by atoms with E-state index >= 15 is 0 Å². The van der Waals surface area contributed by atoms with Crippen LogP contribution < -0.4 is 4.74 Å². The molecule has 0 radical (unpaired) electrons. The van der Waals surface area contributed by atoms with Crippen molar-refractivity contribution in [2.45, 2.75) is 19.2 Å². The van der Waals surface area contributed by atoms with Crippen LogP contribution in [0.4, 0.5) is 17.6 Å². The van der Waals surface area contributed by atoms with Crippen LogP contribution in [-0.2, 0) is 6.18 Å². The third kappa shape index (κ3) is 4.75. The summed E-state index contributed by atoms with van der Waals surface area (Å²) in [4.78, 5) is 8.44. The number of aryl methyl sites for hydroxylation is 1. The maximum Gasteiger partial charge on any atom is 0.417 e. The SMILES string of the molecule is Cc1cc(OCC(O)CF)c(Cl)cc1-c1noc(-c2cn3cc(C(F)(F)F)cc(Cl)c3n2)n1. The number of hydrogen-bond donors (Lipinski definition) is 1. The van der Waals surface area contributed by atoms with Gasteiger partial charge in [-0.05, 0) is 30.7 Å². The summed E-state index contributed by atoms with van der Waals surface area (Å²) in [7, 11) is 0. The highest BCUT2D eigenvalue weighted by Crippen LogP contribution is 2.35. The van der Waals surface area contributed by atoms with Crippen LogP contribution in [0.5, 0.6) is 5.75 Å². The maximum absolute atomic E-state index is 13.0. The smallest absolute Gasteiger partial charge is 0.417 e. The van der Waals surface area contributed by atoms with Gasteiger partial charge in [0.15, 0.2) is 5.65 Å². The summed E-state index contributed by atoms with van der Waals surface area (Å²) >= 11 is 12.2. The zero-order chi connectivity index (χ0) is 23.9. The van der Waals surface area contributed by atoms with E-state index < -0.39 is 24.5 Å². The van der Waals surface area contributed by atoms with E-state index in [1.165, 1.54) is 12.3 Å². The molecule has 1 aromatic carbocycles. The van der Waals surface area contributed by atoms with Crippen LogP contribution in [-0.4, -0.2) is 44.0 Å². The second kappa shape index (κ2) is 8.81. The van der Waals surface area contributed by atoms with E-state index in [0.717, 1.165) is 16.7 Å². The van der Waals surface area contributed by atoms with Gasteiger partial charge in [0.05, 0.1) is 15.6 Å². The van der Waals surface area contributed by atoms with Crippen molar-refractivity contribution in [3.8, 4) is 28.7 Å². The molecule has 33 heavy (non-hydrogen) atoms. The number of fused-ring (bicyclic) bond motifs is 1. The van der Waals surface area contributed by atoms with Crippen LogP contribution in [0.25, 0.3) is 28.6 Å². The molecule has 0 bridgehead atoms. The fourth-order valence-corrected chi connectivity index (χ4v) is 3.46. The van der Waals surface area contributed by atoms with Gasteiger partial charge < -0.3 is 18.8 Å². The molecule has 3 heterocycles. The summed E-state index contributed by atoms with van der Waals surface area (Å²) in [5.41, 5.74) is 0.426. The predicted molar refractivity (Wildman–Crippen MR) is 111 cm³/mol. The van der Waals surface area contributed by atoms with E-state index in [1.807, 2.05) is 0 Å². The van der Waals surface area contributed by atoms with Crippen molar-refractivity contribution in [1.29, 1.82) is 0 Å². The summed E-state index contributed by atoms with van der Waals surface area (Å²) in [6.45, 7) is 0.503. The standard InChI is InChI=1S/C20H14Cl2F4N4O3/c1-9-2-16(32-8-11(31)5-23)13(21)4-12(9)17-28-19(33-29-17)15-7-30-6-10(20(24,25)26)3-14(22)18(30)27-15/h2-4,6-7,11,31H,5,8H2,1H3. The van der Waals surface area contributed by atoms with Crippen LogP contribution >= 0.6 is 23.2 Å². The van der Waals surface area contributed by atoms with Gasteiger partial charge in [-0.25, -0.2) is 9.37 Å². The van der Waals surface area contributed by atoms with Crippen LogP contribution in [0, 0.1) is 6.92 Å². The summed E-state index contributed by atoms with van der Waals surface area (Å²) in [5, 5.41) is 13.2. The van der Waals surface area contributed by atoms with Crippen molar-refractivity contribution in [1.82, 2.24) is 19.5 Å². The molecule has 0 saturated heterocycles. The molecule has 0 aliphatic rings. The molecule has 1 N–H and O–H groups in total. The Bertz CT molecular complexity index is 1320. The monoisotopic (exact) mass is 504 g/mol. The number of aliphatic hydroxyl groups excluding tert-OH is 1. The van der Waals surface area contributed by atoms with Gasteiger partial charge in [-0.1, -0.05) is 28.4 Å². The first kappa shape index (κ1) is 23.3. The number of alkyl halides is 4. The summed E-state index contributed by atoms with van der Waals surface area (Å²) in [6.07, 6.45) is -3.69. The molecule has 0 spiro atoms. The Kier molecular flexibility index (Phi) is 6.21. The Morgan fingerprint density at radius 1 is 1.15 bits per heavy atom. The molecule has 3 aromatic heterocycles. The molecular formula is C20H14Cl2F4N4O3. The zero-order valence-electron chi connectivity index (χ0n) is 16.7. The Labute approximate surface area is 193 Å². The van der Waals surface area contributed by atoms with Gasteiger partial charge in [0.1, 0.15) is 30.8 Å². The summed E-state index contributed by atoms with van der Waals surface area (Å²) in [6, 6.07) is 3.87. The molecule has 0 fully saturated rings. The second-order valence-electron chi connectivity index (χ2n) is 7.07. The highest BCUT2D eigenvalue weighted by Gasteiger charge is 2.32.